The number of hydrogen-bond acceptors (Lipinski definition) is 3. The number of aryl methyl sites for hydroxylation is 1. The predicted octanol–water partition coefficient (Wildman–Crippen LogP) is 3.78. The highest BCUT2D eigenvalue weighted by molar-refractivity contribution is 6.02. The minimum atomic E-state index is 0.510. The van der Waals surface area contributed by atoms with Crippen molar-refractivity contribution >= 4 is 21.9 Å². The highest BCUT2D eigenvalue weighted by Gasteiger charge is 2.14. The van der Waals surface area contributed by atoms with Crippen LogP contribution in [0.5, 0.6) is 0 Å². The van der Waals surface area contributed by atoms with Crippen LogP contribution in [0.3, 0.4) is 0 Å². The summed E-state index contributed by atoms with van der Waals surface area (Å²) >= 11 is 0. The summed E-state index contributed by atoms with van der Waals surface area (Å²) in [5.41, 5.74) is 3.94. The van der Waals surface area contributed by atoms with Crippen LogP contribution in [-0.4, -0.2) is 14.7 Å². The highest BCUT2D eigenvalue weighted by Crippen LogP contribution is 2.24. The van der Waals surface area contributed by atoms with E-state index in [4.69, 9.17) is 4.84 Å². The van der Waals surface area contributed by atoms with Crippen LogP contribution in [0.15, 0.2) is 60.8 Å². The molecule has 0 unspecified atom stereocenters. The molecule has 2 aromatic carbocycles. The summed E-state index contributed by atoms with van der Waals surface area (Å²) in [6, 6.07) is 18.2. The summed E-state index contributed by atoms with van der Waals surface area (Å²) in [5.74, 6) is 0.911. The highest BCUT2D eigenvalue weighted by atomic mass is 16.7. The van der Waals surface area contributed by atoms with Gasteiger partial charge in [0, 0.05) is 11.8 Å². The van der Waals surface area contributed by atoms with Crippen molar-refractivity contribution in [1.82, 2.24) is 14.7 Å². The van der Waals surface area contributed by atoms with E-state index in [-0.39, 0.29) is 0 Å². The normalized spacial score (nSPS) is 11.2. The number of benzene rings is 2. The van der Waals surface area contributed by atoms with Crippen molar-refractivity contribution in [2.45, 2.75) is 20.0 Å². The number of imidazole rings is 1. The number of aromatic nitrogens is 3. The minimum absolute atomic E-state index is 0.510. The number of fused-ring (bicyclic) bond motifs is 3. The molecule has 2 aromatic heterocycles. The van der Waals surface area contributed by atoms with Gasteiger partial charge in [0.15, 0.2) is 0 Å². The van der Waals surface area contributed by atoms with E-state index in [0.717, 1.165) is 39.7 Å². The number of rotatable bonds is 4. The first kappa shape index (κ1) is 13.8. The fraction of sp³-hybridized carbons (Fsp3) is 0.158. The van der Waals surface area contributed by atoms with Gasteiger partial charge >= 0.3 is 0 Å². The van der Waals surface area contributed by atoms with E-state index < -0.39 is 0 Å². The Morgan fingerprint density at radius 3 is 2.57 bits per heavy atom. The largest absolute Gasteiger partial charge is 0.407 e. The van der Waals surface area contributed by atoms with Gasteiger partial charge in [-0.2, -0.15) is 4.73 Å². The minimum Gasteiger partial charge on any atom is -0.407 e. The smallest absolute Gasteiger partial charge is 0.146 e. The van der Waals surface area contributed by atoms with E-state index in [0.29, 0.717) is 6.61 Å². The van der Waals surface area contributed by atoms with E-state index in [2.05, 4.69) is 35.1 Å². The Morgan fingerprint density at radius 2 is 1.74 bits per heavy atom. The molecule has 23 heavy (non-hydrogen) atoms. The molecule has 0 bridgehead atoms. The molecule has 4 heteroatoms. The van der Waals surface area contributed by atoms with Crippen LogP contribution < -0.4 is 4.84 Å². The molecule has 0 aliphatic carbocycles. The summed E-state index contributed by atoms with van der Waals surface area (Å²) in [5, 5.41) is 1.06. The van der Waals surface area contributed by atoms with E-state index in [1.807, 2.05) is 47.3 Å². The molecule has 0 N–H and O–H groups in total. The zero-order valence-electron chi connectivity index (χ0n) is 12.9. The molecule has 4 nitrogen and oxygen atoms in total. The van der Waals surface area contributed by atoms with E-state index >= 15 is 0 Å². The number of para-hydroxylation sites is 1. The number of nitrogens with zero attached hydrogens (tertiary/aromatic N) is 3. The lowest BCUT2D eigenvalue weighted by Gasteiger charge is -2.11. The van der Waals surface area contributed by atoms with Gasteiger partial charge in [0.05, 0.1) is 11.7 Å². The van der Waals surface area contributed by atoms with E-state index in [1.54, 1.807) is 0 Å². The predicted molar refractivity (Wildman–Crippen MR) is 91.1 cm³/mol. The lowest BCUT2D eigenvalue weighted by atomic mass is 10.2. The van der Waals surface area contributed by atoms with Crippen molar-refractivity contribution in [3.05, 3.63) is 72.2 Å². The van der Waals surface area contributed by atoms with Gasteiger partial charge in [-0.05, 0) is 11.6 Å². The zero-order chi connectivity index (χ0) is 15.6. The Bertz CT molecular complexity index is 960. The van der Waals surface area contributed by atoms with Crippen molar-refractivity contribution in [2.75, 3.05) is 0 Å². The number of hydrogen-bond donors (Lipinski definition) is 0. The molecule has 114 valence electrons. The van der Waals surface area contributed by atoms with Gasteiger partial charge in [0.25, 0.3) is 0 Å². The fourth-order valence-electron chi connectivity index (χ4n) is 2.80. The Morgan fingerprint density at radius 1 is 0.957 bits per heavy atom. The molecule has 0 atom stereocenters. The Kier molecular flexibility index (Phi) is 3.42. The van der Waals surface area contributed by atoms with Crippen molar-refractivity contribution in [3.8, 4) is 0 Å². The molecule has 2 heterocycles. The molecule has 0 aliphatic heterocycles. The molecule has 4 rings (SSSR count). The summed E-state index contributed by atoms with van der Waals surface area (Å²) < 4.78 is 1.87. The first-order valence-electron chi connectivity index (χ1n) is 7.79. The maximum atomic E-state index is 6.10. The SMILES string of the molecule is CCc1nc2cnc3ccccc3c2n1OCc1ccccc1. The first-order valence-corrected chi connectivity index (χ1v) is 7.79. The monoisotopic (exact) mass is 303 g/mol. The van der Waals surface area contributed by atoms with Crippen molar-refractivity contribution in [2.24, 2.45) is 0 Å². The summed E-state index contributed by atoms with van der Waals surface area (Å²) in [7, 11) is 0. The van der Waals surface area contributed by atoms with Crippen molar-refractivity contribution < 1.29 is 4.84 Å². The van der Waals surface area contributed by atoms with Crippen molar-refractivity contribution in [1.29, 1.82) is 0 Å². The summed E-state index contributed by atoms with van der Waals surface area (Å²) in [6.07, 6.45) is 2.62. The molecular formula is C19H17N3O. The molecule has 0 fully saturated rings. The Balaban J connectivity index is 1.84. The second-order valence-corrected chi connectivity index (χ2v) is 5.44. The van der Waals surface area contributed by atoms with Gasteiger partial charge in [-0.1, -0.05) is 55.5 Å². The topological polar surface area (TPSA) is 39.9 Å². The van der Waals surface area contributed by atoms with Gasteiger partial charge in [0.1, 0.15) is 23.5 Å². The molecular weight excluding hydrogens is 286 g/mol. The first-order chi connectivity index (χ1) is 11.4. The van der Waals surface area contributed by atoms with Gasteiger partial charge < -0.3 is 4.84 Å². The average molecular weight is 303 g/mol. The maximum Gasteiger partial charge on any atom is 0.146 e. The third-order valence-corrected chi connectivity index (χ3v) is 3.93. The molecule has 0 radical (unpaired) electrons. The van der Waals surface area contributed by atoms with Crippen LogP contribution in [0.1, 0.15) is 18.3 Å². The quantitative estimate of drug-likeness (QED) is 0.576. The van der Waals surface area contributed by atoms with Gasteiger partial charge in [-0.25, -0.2) is 4.98 Å². The van der Waals surface area contributed by atoms with Gasteiger partial charge in [-0.3, -0.25) is 4.98 Å². The fourth-order valence-corrected chi connectivity index (χ4v) is 2.80. The number of pyridine rings is 1. The van der Waals surface area contributed by atoms with Crippen LogP contribution >= 0.6 is 0 Å². The Labute approximate surface area is 134 Å². The third kappa shape index (κ3) is 2.42. The van der Waals surface area contributed by atoms with Crippen LogP contribution in [0.2, 0.25) is 0 Å². The molecule has 0 spiro atoms. The van der Waals surface area contributed by atoms with Crippen LogP contribution in [0.4, 0.5) is 0 Å². The summed E-state index contributed by atoms with van der Waals surface area (Å²) in [4.78, 5) is 15.3. The van der Waals surface area contributed by atoms with Gasteiger partial charge in [0.2, 0.25) is 0 Å². The van der Waals surface area contributed by atoms with E-state index in [9.17, 15) is 0 Å². The van der Waals surface area contributed by atoms with E-state index in [1.165, 1.54) is 0 Å². The second-order valence-electron chi connectivity index (χ2n) is 5.44. The maximum absolute atomic E-state index is 6.10. The molecule has 0 saturated heterocycles. The van der Waals surface area contributed by atoms with Crippen LogP contribution in [0, 0.1) is 0 Å². The molecule has 4 aromatic rings. The molecule has 0 aliphatic rings. The lowest BCUT2D eigenvalue weighted by molar-refractivity contribution is 0.100. The molecule has 0 amide bonds. The average Bonchev–Trinajstić information content (AvgIpc) is 2.99. The zero-order valence-corrected chi connectivity index (χ0v) is 12.9. The lowest BCUT2D eigenvalue weighted by Crippen LogP contribution is -2.14. The standard InChI is InChI=1S/C19H17N3O/c1-2-18-21-17-12-20-16-11-7-6-10-15(16)19(17)22(18)23-13-14-8-4-3-5-9-14/h3-12H,2,13H2,1H3. The Hall–Kier alpha value is -2.88. The second kappa shape index (κ2) is 5.72. The van der Waals surface area contributed by atoms with Crippen LogP contribution in [0.25, 0.3) is 21.9 Å². The van der Waals surface area contributed by atoms with Crippen molar-refractivity contribution in [3.63, 3.8) is 0 Å². The van der Waals surface area contributed by atoms with Gasteiger partial charge in [-0.15, -0.1) is 0 Å². The third-order valence-electron chi connectivity index (χ3n) is 3.93. The summed E-state index contributed by atoms with van der Waals surface area (Å²) in [6.45, 7) is 2.59. The molecule has 0 saturated carbocycles. The van der Waals surface area contributed by atoms with Crippen LogP contribution in [-0.2, 0) is 13.0 Å².